The molecule has 0 aliphatic rings. The molecule has 2 aromatic rings. The Morgan fingerprint density at radius 2 is 2.07 bits per heavy atom. The predicted octanol–water partition coefficient (Wildman–Crippen LogP) is 2.03. The molecule has 2 rings (SSSR count). The van der Waals surface area contributed by atoms with Gasteiger partial charge in [-0.05, 0) is 16.8 Å². The van der Waals surface area contributed by atoms with E-state index in [1.165, 1.54) is 0 Å². The average Bonchev–Trinajstić information content (AvgIpc) is 2.16. The quantitative estimate of drug-likeness (QED) is 0.683. The number of carbonyl (C=O) groups excluding carboxylic acids is 1. The van der Waals surface area contributed by atoms with Crippen LogP contribution in [-0.2, 0) is 0 Å². The third kappa shape index (κ3) is 1.46. The molecule has 2 nitrogen and oxygen atoms in total. The monoisotopic (exact) mass is 202 g/mol. The summed E-state index contributed by atoms with van der Waals surface area (Å²) in [4.78, 5) is 11.7. The minimum absolute atomic E-state index is 0.396. The first kappa shape index (κ1) is 9.09. The van der Waals surface area contributed by atoms with Crippen LogP contribution in [0.3, 0.4) is 0 Å². The highest BCUT2D eigenvalue weighted by molar-refractivity contribution is 7.80. The molecule has 0 fully saturated rings. The first-order valence-corrected chi connectivity index (χ1v) is 4.57. The lowest BCUT2D eigenvalue weighted by molar-refractivity contribution is 0.100. The van der Waals surface area contributed by atoms with Crippen molar-refractivity contribution < 1.29 is 4.79 Å². The molecule has 0 spiro atoms. The van der Waals surface area contributed by atoms with Gasteiger partial charge in [-0.3, -0.25) is 4.79 Å². The lowest BCUT2D eigenvalue weighted by Crippen LogP contribution is -2.11. The van der Waals surface area contributed by atoms with Crippen molar-refractivity contribution in [2.24, 2.45) is 5.73 Å². The summed E-state index contributed by atoms with van der Waals surface area (Å²) >= 11 is 4.16. The molecule has 1 amide bonds. The summed E-state index contributed by atoms with van der Waals surface area (Å²) in [7, 11) is 0. The van der Waals surface area contributed by atoms with Crippen molar-refractivity contribution >= 4 is 29.3 Å². The predicted molar refractivity (Wildman–Crippen MR) is 58.6 cm³/mol. The van der Waals surface area contributed by atoms with E-state index in [0.29, 0.717) is 10.5 Å². The third-order valence-electron chi connectivity index (χ3n) is 2.02. The second-order valence-corrected chi connectivity index (χ2v) is 3.46. The fourth-order valence-electron chi connectivity index (χ4n) is 1.42. The minimum Gasteiger partial charge on any atom is -0.366 e. The lowest BCUT2D eigenvalue weighted by Gasteiger charge is -2.03. The zero-order chi connectivity index (χ0) is 10.1. The van der Waals surface area contributed by atoms with E-state index in [1.54, 1.807) is 0 Å². The molecule has 0 aromatic heterocycles. The molecule has 0 unspecified atom stereocenters. The molecule has 3 heteroatoms. The highest BCUT2D eigenvalue weighted by atomic mass is 32.1. The summed E-state index contributed by atoms with van der Waals surface area (Å²) in [5, 5.41) is 1.77. The molecule has 0 heterocycles. The van der Waals surface area contributed by atoms with Crippen molar-refractivity contribution in [3.63, 3.8) is 0 Å². The maximum Gasteiger partial charge on any atom is 0.250 e. The van der Waals surface area contributed by atoms with E-state index in [1.807, 2.05) is 30.3 Å². The molecule has 0 saturated heterocycles. The van der Waals surface area contributed by atoms with Crippen LogP contribution in [0.15, 0.2) is 35.2 Å². The molecule has 1 radical (unpaired) electrons. The Morgan fingerprint density at radius 1 is 1.36 bits per heavy atom. The Hall–Kier alpha value is -1.48. The Balaban J connectivity index is 2.87. The van der Waals surface area contributed by atoms with Crippen LogP contribution in [0.5, 0.6) is 0 Å². The number of primary amides is 1. The second-order valence-electron chi connectivity index (χ2n) is 2.98. The number of benzene rings is 2. The summed E-state index contributed by atoms with van der Waals surface area (Å²) in [5.74, 6) is -0.475. The van der Waals surface area contributed by atoms with Crippen LogP contribution in [0.1, 0.15) is 10.4 Å². The van der Waals surface area contributed by atoms with Crippen LogP contribution in [0.4, 0.5) is 0 Å². The van der Waals surface area contributed by atoms with Gasteiger partial charge in [0, 0.05) is 11.0 Å². The molecule has 69 valence electrons. The summed E-state index contributed by atoms with van der Waals surface area (Å²) in [6, 6.07) is 12.2. The van der Waals surface area contributed by atoms with Gasteiger partial charge in [0.25, 0.3) is 0 Å². The lowest BCUT2D eigenvalue weighted by atomic mass is 10.0. The van der Waals surface area contributed by atoms with E-state index in [4.69, 9.17) is 5.73 Å². The number of carbonyl (C=O) groups is 1. The fourth-order valence-corrected chi connectivity index (χ4v) is 1.67. The maximum atomic E-state index is 11.1. The van der Waals surface area contributed by atoms with Crippen LogP contribution in [-0.4, -0.2) is 5.91 Å². The summed E-state index contributed by atoms with van der Waals surface area (Å²) in [6.45, 7) is 0. The first-order valence-electron chi connectivity index (χ1n) is 4.12. The standard InChI is InChI=1S/C11H8NOS/c12-11(13)10-6-8(14)5-7-3-1-2-4-9(7)10/h1-5,14H,(H2,12,13). The Morgan fingerprint density at radius 3 is 2.79 bits per heavy atom. The highest BCUT2D eigenvalue weighted by Crippen LogP contribution is 2.21. The first-order chi connectivity index (χ1) is 6.68. The zero-order valence-electron chi connectivity index (χ0n) is 7.32. The van der Waals surface area contributed by atoms with Crippen molar-refractivity contribution in [1.82, 2.24) is 0 Å². The number of amides is 1. The number of rotatable bonds is 1. The molecular weight excluding hydrogens is 194 g/mol. The van der Waals surface area contributed by atoms with E-state index in [0.717, 1.165) is 10.8 Å². The molecular formula is C11H8NOS. The van der Waals surface area contributed by atoms with E-state index in [9.17, 15) is 4.79 Å². The van der Waals surface area contributed by atoms with Gasteiger partial charge < -0.3 is 5.73 Å². The number of thiol groups is 1. The van der Waals surface area contributed by atoms with Gasteiger partial charge in [-0.1, -0.05) is 24.3 Å². The number of hydrogen-bond acceptors (Lipinski definition) is 2. The second kappa shape index (κ2) is 3.35. The van der Waals surface area contributed by atoms with E-state index >= 15 is 0 Å². The van der Waals surface area contributed by atoms with Crippen molar-refractivity contribution in [2.45, 2.75) is 4.90 Å². The number of nitrogens with two attached hydrogens (primary N) is 1. The Bertz CT molecular complexity index is 508. The van der Waals surface area contributed by atoms with Crippen LogP contribution in [0.25, 0.3) is 10.8 Å². The molecule has 0 bridgehead atoms. The van der Waals surface area contributed by atoms with Gasteiger partial charge in [0.2, 0.25) is 5.91 Å². The topological polar surface area (TPSA) is 43.1 Å². The van der Waals surface area contributed by atoms with Gasteiger partial charge >= 0.3 is 0 Å². The summed E-state index contributed by atoms with van der Waals surface area (Å²) < 4.78 is 0. The van der Waals surface area contributed by atoms with E-state index < -0.39 is 5.91 Å². The molecule has 0 saturated carbocycles. The van der Waals surface area contributed by atoms with Gasteiger partial charge in [-0.25, -0.2) is 0 Å². The van der Waals surface area contributed by atoms with Crippen molar-refractivity contribution in [3.05, 3.63) is 42.0 Å². The van der Waals surface area contributed by atoms with Gasteiger partial charge in [0.1, 0.15) is 0 Å². The van der Waals surface area contributed by atoms with Crippen molar-refractivity contribution in [1.29, 1.82) is 0 Å². The van der Waals surface area contributed by atoms with Crippen LogP contribution >= 0.6 is 12.6 Å². The van der Waals surface area contributed by atoms with Gasteiger partial charge in [-0.2, -0.15) is 0 Å². The van der Waals surface area contributed by atoms with Gasteiger partial charge in [-0.15, -0.1) is 12.6 Å². The van der Waals surface area contributed by atoms with Crippen LogP contribution in [0.2, 0.25) is 0 Å². The molecule has 0 aliphatic carbocycles. The van der Waals surface area contributed by atoms with Crippen molar-refractivity contribution in [3.8, 4) is 0 Å². The van der Waals surface area contributed by atoms with Gasteiger partial charge in [0.05, 0.1) is 5.56 Å². The SMILES string of the molecule is NC(=O)c1[c]c(S)cc2ccccc12. The largest absolute Gasteiger partial charge is 0.366 e. The summed E-state index contributed by atoms with van der Waals surface area (Å²) in [6.07, 6.45) is 0. The Kier molecular flexibility index (Phi) is 2.17. The highest BCUT2D eigenvalue weighted by Gasteiger charge is 2.07. The smallest absolute Gasteiger partial charge is 0.250 e. The third-order valence-corrected chi connectivity index (χ3v) is 2.26. The van der Waals surface area contributed by atoms with Crippen LogP contribution < -0.4 is 5.73 Å². The zero-order valence-corrected chi connectivity index (χ0v) is 8.21. The van der Waals surface area contributed by atoms with E-state index in [2.05, 4.69) is 18.7 Å². The average molecular weight is 202 g/mol. The minimum atomic E-state index is -0.475. The number of hydrogen-bond donors (Lipinski definition) is 2. The molecule has 0 aliphatic heterocycles. The molecule has 2 N–H and O–H groups in total. The van der Waals surface area contributed by atoms with E-state index in [-0.39, 0.29) is 0 Å². The number of fused-ring (bicyclic) bond motifs is 1. The van der Waals surface area contributed by atoms with Crippen molar-refractivity contribution in [2.75, 3.05) is 0 Å². The maximum absolute atomic E-state index is 11.1. The van der Waals surface area contributed by atoms with Crippen LogP contribution in [0, 0.1) is 6.07 Å². The fraction of sp³-hybridized carbons (Fsp3) is 0. The Labute approximate surface area is 87.1 Å². The molecule has 14 heavy (non-hydrogen) atoms. The molecule has 2 aromatic carbocycles. The normalized spacial score (nSPS) is 10.4. The summed E-state index contributed by atoms with van der Waals surface area (Å²) in [5.41, 5.74) is 5.64. The van der Waals surface area contributed by atoms with Gasteiger partial charge in [0.15, 0.2) is 0 Å². The molecule has 0 atom stereocenters.